The molecule has 1 aliphatic rings. The SMILES string of the molecule is CCN(CC(C)N)CC1CCC1. The Balaban J connectivity index is 2.15. The maximum atomic E-state index is 5.76. The van der Waals surface area contributed by atoms with Gasteiger partial charge in [-0.25, -0.2) is 0 Å². The van der Waals surface area contributed by atoms with Crippen LogP contribution < -0.4 is 5.73 Å². The van der Waals surface area contributed by atoms with Crippen LogP contribution in [0.5, 0.6) is 0 Å². The monoisotopic (exact) mass is 170 g/mol. The van der Waals surface area contributed by atoms with Crippen molar-refractivity contribution in [3.8, 4) is 0 Å². The Morgan fingerprint density at radius 1 is 1.50 bits per heavy atom. The van der Waals surface area contributed by atoms with E-state index in [0.717, 1.165) is 19.0 Å². The van der Waals surface area contributed by atoms with Crippen LogP contribution in [0.2, 0.25) is 0 Å². The quantitative estimate of drug-likeness (QED) is 0.677. The van der Waals surface area contributed by atoms with Crippen molar-refractivity contribution in [2.24, 2.45) is 11.7 Å². The highest BCUT2D eigenvalue weighted by Crippen LogP contribution is 2.26. The number of nitrogens with two attached hydrogens (primary N) is 1. The minimum atomic E-state index is 0.324. The lowest BCUT2D eigenvalue weighted by Gasteiger charge is -2.32. The molecule has 0 spiro atoms. The third-order valence-corrected chi connectivity index (χ3v) is 2.73. The van der Waals surface area contributed by atoms with E-state index >= 15 is 0 Å². The molecule has 1 rings (SSSR count). The molecule has 0 aromatic heterocycles. The summed E-state index contributed by atoms with van der Waals surface area (Å²) in [6.45, 7) is 7.80. The Hall–Kier alpha value is -0.0800. The van der Waals surface area contributed by atoms with E-state index in [1.165, 1.54) is 25.8 Å². The normalized spacial score (nSPS) is 21.0. The summed E-state index contributed by atoms with van der Waals surface area (Å²) in [7, 11) is 0. The van der Waals surface area contributed by atoms with Gasteiger partial charge >= 0.3 is 0 Å². The molecule has 2 nitrogen and oxygen atoms in total. The molecular weight excluding hydrogens is 148 g/mol. The van der Waals surface area contributed by atoms with Crippen LogP contribution in [0.1, 0.15) is 33.1 Å². The minimum absolute atomic E-state index is 0.324. The lowest BCUT2D eigenvalue weighted by atomic mass is 9.85. The summed E-state index contributed by atoms with van der Waals surface area (Å²) >= 11 is 0. The minimum Gasteiger partial charge on any atom is -0.327 e. The first kappa shape index (κ1) is 10.0. The van der Waals surface area contributed by atoms with Crippen molar-refractivity contribution in [2.45, 2.75) is 39.2 Å². The molecule has 0 amide bonds. The Morgan fingerprint density at radius 2 is 2.17 bits per heavy atom. The standard InChI is InChI=1S/C10H22N2/c1-3-12(7-9(2)11)8-10-5-4-6-10/h9-10H,3-8,11H2,1-2H3. The van der Waals surface area contributed by atoms with Crippen LogP contribution in [0.25, 0.3) is 0 Å². The number of nitrogens with zero attached hydrogens (tertiary/aromatic N) is 1. The first-order valence-electron chi connectivity index (χ1n) is 5.20. The van der Waals surface area contributed by atoms with Gasteiger partial charge in [-0.05, 0) is 32.2 Å². The average molecular weight is 170 g/mol. The van der Waals surface area contributed by atoms with Crippen molar-refractivity contribution >= 4 is 0 Å². The number of hydrogen-bond acceptors (Lipinski definition) is 2. The fourth-order valence-corrected chi connectivity index (χ4v) is 1.78. The predicted molar refractivity (Wildman–Crippen MR) is 53.1 cm³/mol. The van der Waals surface area contributed by atoms with Crippen LogP contribution in [0.15, 0.2) is 0 Å². The molecule has 2 N–H and O–H groups in total. The third-order valence-electron chi connectivity index (χ3n) is 2.73. The van der Waals surface area contributed by atoms with Gasteiger partial charge in [-0.2, -0.15) is 0 Å². The van der Waals surface area contributed by atoms with Crippen molar-refractivity contribution in [3.05, 3.63) is 0 Å². The average Bonchev–Trinajstić information content (AvgIpc) is 1.93. The Morgan fingerprint density at radius 3 is 2.50 bits per heavy atom. The van der Waals surface area contributed by atoms with E-state index in [-0.39, 0.29) is 0 Å². The molecule has 0 bridgehead atoms. The lowest BCUT2D eigenvalue weighted by Crippen LogP contribution is -2.39. The topological polar surface area (TPSA) is 29.3 Å². The largest absolute Gasteiger partial charge is 0.327 e. The summed E-state index contributed by atoms with van der Waals surface area (Å²) in [6.07, 6.45) is 4.32. The highest BCUT2D eigenvalue weighted by Gasteiger charge is 2.20. The second kappa shape index (κ2) is 4.83. The molecule has 1 atom stereocenters. The van der Waals surface area contributed by atoms with Crippen molar-refractivity contribution in [3.63, 3.8) is 0 Å². The van der Waals surface area contributed by atoms with E-state index in [2.05, 4.69) is 18.7 Å². The first-order chi connectivity index (χ1) is 5.72. The second-order valence-electron chi connectivity index (χ2n) is 4.13. The molecule has 0 aromatic rings. The number of rotatable bonds is 5. The molecule has 72 valence electrons. The van der Waals surface area contributed by atoms with Crippen molar-refractivity contribution in [2.75, 3.05) is 19.6 Å². The molecule has 0 saturated heterocycles. The Bertz CT molecular complexity index is 119. The Labute approximate surface area is 76.1 Å². The summed E-state index contributed by atoms with van der Waals surface area (Å²) in [5.74, 6) is 0.976. The predicted octanol–water partition coefficient (Wildman–Crippen LogP) is 1.46. The van der Waals surface area contributed by atoms with Crippen LogP contribution in [0, 0.1) is 5.92 Å². The molecule has 0 aromatic carbocycles. The number of likely N-dealkylation sites (N-methyl/N-ethyl adjacent to an activating group) is 1. The zero-order valence-corrected chi connectivity index (χ0v) is 8.42. The van der Waals surface area contributed by atoms with Gasteiger partial charge in [0.1, 0.15) is 0 Å². The molecule has 1 unspecified atom stereocenters. The molecule has 0 aliphatic heterocycles. The maximum absolute atomic E-state index is 5.76. The van der Waals surface area contributed by atoms with E-state index in [9.17, 15) is 0 Å². The molecule has 1 fully saturated rings. The molecular formula is C10H22N2. The van der Waals surface area contributed by atoms with Crippen molar-refractivity contribution in [1.82, 2.24) is 4.90 Å². The second-order valence-corrected chi connectivity index (χ2v) is 4.13. The highest BCUT2D eigenvalue weighted by molar-refractivity contribution is 4.74. The van der Waals surface area contributed by atoms with Gasteiger partial charge in [-0.3, -0.25) is 0 Å². The van der Waals surface area contributed by atoms with Crippen molar-refractivity contribution in [1.29, 1.82) is 0 Å². The van der Waals surface area contributed by atoms with Gasteiger partial charge in [0.15, 0.2) is 0 Å². The molecule has 2 heteroatoms. The van der Waals surface area contributed by atoms with Gasteiger partial charge in [-0.15, -0.1) is 0 Å². The van der Waals surface area contributed by atoms with E-state index in [1.54, 1.807) is 0 Å². The third kappa shape index (κ3) is 3.11. The molecule has 0 radical (unpaired) electrons. The fourth-order valence-electron chi connectivity index (χ4n) is 1.78. The maximum Gasteiger partial charge on any atom is 0.0139 e. The van der Waals surface area contributed by atoms with Gasteiger partial charge < -0.3 is 10.6 Å². The first-order valence-corrected chi connectivity index (χ1v) is 5.20. The Kier molecular flexibility index (Phi) is 4.02. The summed E-state index contributed by atoms with van der Waals surface area (Å²) in [5.41, 5.74) is 5.76. The highest BCUT2D eigenvalue weighted by atomic mass is 15.1. The zero-order valence-electron chi connectivity index (χ0n) is 8.42. The van der Waals surface area contributed by atoms with Gasteiger partial charge in [0.05, 0.1) is 0 Å². The van der Waals surface area contributed by atoms with E-state index in [1.807, 2.05) is 0 Å². The van der Waals surface area contributed by atoms with Gasteiger partial charge in [0, 0.05) is 19.1 Å². The number of hydrogen-bond donors (Lipinski definition) is 1. The fraction of sp³-hybridized carbons (Fsp3) is 1.00. The van der Waals surface area contributed by atoms with Crippen LogP contribution in [-0.4, -0.2) is 30.6 Å². The summed E-state index contributed by atoms with van der Waals surface area (Å²) in [5, 5.41) is 0. The van der Waals surface area contributed by atoms with Gasteiger partial charge in [-0.1, -0.05) is 13.3 Å². The summed E-state index contributed by atoms with van der Waals surface area (Å²) in [6, 6.07) is 0.324. The van der Waals surface area contributed by atoms with E-state index in [0.29, 0.717) is 6.04 Å². The summed E-state index contributed by atoms with van der Waals surface area (Å²) < 4.78 is 0. The van der Waals surface area contributed by atoms with Gasteiger partial charge in [0.2, 0.25) is 0 Å². The smallest absolute Gasteiger partial charge is 0.0139 e. The van der Waals surface area contributed by atoms with Crippen LogP contribution in [0.4, 0.5) is 0 Å². The molecule has 1 aliphatic carbocycles. The van der Waals surface area contributed by atoms with Crippen LogP contribution in [0.3, 0.4) is 0 Å². The van der Waals surface area contributed by atoms with Crippen LogP contribution in [-0.2, 0) is 0 Å². The molecule has 12 heavy (non-hydrogen) atoms. The van der Waals surface area contributed by atoms with Gasteiger partial charge in [0.25, 0.3) is 0 Å². The lowest BCUT2D eigenvalue weighted by molar-refractivity contribution is 0.178. The van der Waals surface area contributed by atoms with Crippen LogP contribution >= 0.6 is 0 Å². The summed E-state index contributed by atoms with van der Waals surface area (Å²) in [4.78, 5) is 2.48. The molecule has 1 saturated carbocycles. The van der Waals surface area contributed by atoms with E-state index in [4.69, 9.17) is 5.73 Å². The van der Waals surface area contributed by atoms with E-state index < -0.39 is 0 Å². The zero-order chi connectivity index (χ0) is 8.97. The molecule has 0 heterocycles. The van der Waals surface area contributed by atoms with Crippen molar-refractivity contribution < 1.29 is 0 Å².